The van der Waals surface area contributed by atoms with Gasteiger partial charge in [0.25, 0.3) is 0 Å². The number of nitrogens with one attached hydrogen (secondary N) is 1. The van der Waals surface area contributed by atoms with Gasteiger partial charge in [0.15, 0.2) is 0 Å². The molecular weight excluding hydrogens is 256 g/mol. The Balaban J connectivity index is 1.70. The van der Waals surface area contributed by atoms with E-state index in [9.17, 15) is 0 Å². The molecule has 4 aliphatic heterocycles. The molecule has 0 aliphatic carbocycles. The smallest absolute Gasteiger partial charge is 0.0513 e. The Morgan fingerprint density at radius 3 is 3.00 bits per heavy atom. The number of nitrogens with zero attached hydrogens (tertiary/aromatic N) is 1. The normalized spacial score (nSPS) is 39.0. The lowest BCUT2D eigenvalue weighted by Gasteiger charge is -2.58. The fourth-order valence-corrected chi connectivity index (χ4v) is 5.26. The Morgan fingerprint density at radius 1 is 1.29 bits per heavy atom. The third-order valence-electron chi connectivity index (χ3n) is 6.35. The van der Waals surface area contributed by atoms with Crippen molar-refractivity contribution in [3.8, 4) is 0 Å². The zero-order valence-corrected chi connectivity index (χ0v) is 12.8. The maximum absolute atomic E-state index is 3.74. The van der Waals surface area contributed by atoms with Crippen LogP contribution in [0.15, 0.2) is 35.9 Å². The number of para-hydroxylation sites is 1. The summed E-state index contributed by atoms with van der Waals surface area (Å²) in [5, 5.41) is 1.46. The lowest BCUT2D eigenvalue weighted by molar-refractivity contribution is -0.0238. The highest BCUT2D eigenvalue weighted by molar-refractivity contribution is 5.85. The van der Waals surface area contributed by atoms with Gasteiger partial charge in [-0.2, -0.15) is 0 Å². The van der Waals surface area contributed by atoms with Gasteiger partial charge in [-0.05, 0) is 43.2 Å². The van der Waals surface area contributed by atoms with E-state index in [4.69, 9.17) is 0 Å². The van der Waals surface area contributed by atoms with Gasteiger partial charge in [-0.25, -0.2) is 0 Å². The predicted octanol–water partition coefficient (Wildman–Crippen LogP) is 4.05. The predicted molar refractivity (Wildman–Crippen MR) is 86.3 cm³/mol. The zero-order valence-electron chi connectivity index (χ0n) is 12.8. The number of allylic oxidation sites excluding steroid dienone is 1. The highest BCUT2D eigenvalue weighted by atomic mass is 15.2. The molecule has 5 heterocycles. The summed E-state index contributed by atoms with van der Waals surface area (Å²) in [4.78, 5) is 6.52. The summed E-state index contributed by atoms with van der Waals surface area (Å²) in [5.41, 5.74) is 6.12. The van der Waals surface area contributed by atoms with Gasteiger partial charge in [0.1, 0.15) is 0 Å². The Kier molecular flexibility index (Phi) is 2.30. The van der Waals surface area contributed by atoms with Gasteiger partial charge < -0.3 is 4.98 Å². The van der Waals surface area contributed by atoms with E-state index in [-0.39, 0.29) is 0 Å². The van der Waals surface area contributed by atoms with E-state index >= 15 is 0 Å². The third-order valence-corrected chi connectivity index (χ3v) is 6.35. The first-order valence-corrected chi connectivity index (χ1v) is 8.28. The van der Waals surface area contributed by atoms with Crippen LogP contribution in [-0.2, 0) is 6.42 Å². The summed E-state index contributed by atoms with van der Waals surface area (Å²) in [5.74, 6) is 1.59. The van der Waals surface area contributed by atoms with E-state index in [2.05, 4.69) is 54.1 Å². The van der Waals surface area contributed by atoms with E-state index in [1.807, 2.05) is 0 Å². The molecule has 4 bridgehead atoms. The first-order valence-electron chi connectivity index (χ1n) is 8.28. The Bertz CT molecular complexity index is 754. The number of fused-ring (bicyclic) bond motifs is 4. The summed E-state index contributed by atoms with van der Waals surface area (Å²) in [7, 11) is 0. The molecule has 4 aliphatic rings. The molecule has 1 aromatic carbocycles. The molecule has 1 N–H and O–H groups in total. The monoisotopic (exact) mass is 278 g/mol. The van der Waals surface area contributed by atoms with Crippen molar-refractivity contribution in [1.29, 1.82) is 0 Å². The lowest BCUT2D eigenvalue weighted by Crippen LogP contribution is -2.59. The number of aromatic nitrogens is 1. The largest absolute Gasteiger partial charge is 0.357 e. The van der Waals surface area contributed by atoms with Gasteiger partial charge in [-0.15, -0.1) is 0 Å². The Hall–Kier alpha value is -1.54. The van der Waals surface area contributed by atoms with Crippen LogP contribution in [0.1, 0.15) is 37.6 Å². The number of benzene rings is 1. The SMILES string of the molecule is C/C=C1/CN2[C@H]3C[C@@H]1[C@@H](C)[C@@H]2Cc1c3[nH]c2ccccc12. The molecule has 108 valence electrons. The molecule has 3 saturated heterocycles. The van der Waals surface area contributed by atoms with Crippen molar-refractivity contribution in [2.24, 2.45) is 11.8 Å². The van der Waals surface area contributed by atoms with Crippen molar-refractivity contribution in [3.63, 3.8) is 0 Å². The third kappa shape index (κ3) is 1.41. The molecule has 0 spiro atoms. The van der Waals surface area contributed by atoms with Crippen molar-refractivity contribution in [2.75, 3.05) is 6.54 Å². The van der Waals surface area contributed by atoms with E-state index in [0.29, 0.717) is 6.04 Å². The van der Waals surface area contributed by atoms with Crippen LogP contribution in [0, 0.1) is 11.8 Å². The van der Waals surface area contributed by atoms with Crippen LogP contribution in [0.25, 0.3) is 10.9 Å². The minimum Gasteiger partial charge on any atom is -0.357 e. The maximum Gasteiger partial charge on any atom is 0.0513 e. The van der Waals surface area contributed by atoms with Gasteiger partial charge in [-0.3, -0.25) is 4.90 Å². The molecule has 1 aromatic heterocycles. The summed E-state index contributed by atoms with van der Waals surface area (Å²) in [6, 6.07) is 10.2. The molecule has 2 aromatic rings. The number of H-pyrrole nitrogens is 1. The minimum atomic E-state index is 0.621. The number of rotatable bonds is 0. The highest BCUT2D eigenvalue weighted by Gasteiger charge is 2.51. The number of aromatic amines is 1. The van der Waals surface area contributed by atoms with Crippen LogP contribution in [0.3, 0.4) is 0 Å². The Morgan fingerprint density at radius 2 is 2.14 bits per heavy atom. The second-order valence-corrected chi connectivity index (χ2v) is 7.09. The summed E-state index contributed by atoms with van der Waals surface area (Å²) >= 11 is 0. The summed E-state index contributed by atoms with van der Waals surface area (Å²) in [6.07, 6.45) is 4.90. The second kappa shape index (κ2) is 4.01. The standard InChI is InChI=1S/C19H22N2/c1-3-12-10-21-17-9-15-13-6-4-5-7-16(13)20-19(15)18(21)8-14(12)11(17)2/h3-7,11,14,17-18,20H,8-10H2,1-2H3/b12-3-/t11-,14-,17+,18+/m1/s1. The van der Waals surface area contributed by atoms with Gasteiger partial charge in [0.05, 0.1) is 6.04 Å². The summed E-state index contributed by atoms with van der Waals surface area (Å²) < 4.78 is 0. The first kappa shape index (κ1) is 12.0. The molecule has 2 heteroatoms. The van der Waals surface area contributed by atoms with Crippen molar-refractivity contribution in [2.45, 2.75) is 38.8 Å². The van der Waals surface area contributed by atoms with E-state index < -0.39 is 0 Å². The van der Waals surface area contributed by atoms with Crippen molar-refractivity contribution >= 4 is 10.9 Å². The van der Waals surface area contributed by atoms with Gasteiger partial charge in [-0.1, -0.05) is 36.8 Å². The quantitative estimate of drug-likeness (QED) is 0.720. The van der Waals surface area contributed by atoms with Crippen LogP contribution >= 0.6 is 0 Å². The lowest BCUT2D eigenvalue weighted by atomic mass is 9.64. The summed E-state index contributed by atoms with van der Waals surface area (Å²) in [6.45, 7) is 5.88. The molecule has 0 amide bonds. The van der Waals surface area contributed by atoms with Crippen molar-refractivity contribution in [3.05, 3.63) is 47.2 Å². The zero-order chi connectivity index (χ0) is 14.1. The topological polar surface area (TPSA) is 19.0 Å². The van der Waals surface area contributed by atoms with Crippen LogP contribution in [-0.4, -0.2) is 22.5 Å². The molecule has 0 radical (unpaired) electrons. The van der Waals surface area contributed by atoms with Gasteiger partial charge in [0.2, 0.25) is 0 Å². The molecule has 0 saturated carbocycles. The Labute approximate surface area is 125 Å². The van der Waals surface area contributed by atoms with Crippen LogP contribution in [0.4, 0.5) is 0 Å². The fraction of sp³-hybridized carbons (Fsp3) is 0.474. The molecule has 3 fully saturated rings. The van der Waals surface area contributed by atoms with Crippen LogP contribution < -0.4 is 0 Å². The van der Waals surface area contributed by atoms with Crippen LogP contribution in [0.5, 0.6) is 0 Å². The number of hydrogen-bond donors (Lipinski definition) is 1. The average molecular weight is 278 g/mol. The fourth-order valence-electron chi connectivity index (χ4n) is 5.26. The molecule has 6 rings (SSSR count). The molecular formula is C19H22N2. The number of hydrogen-bond acceptors (Lipinski definition) is 1. The van der Waals surface area contributed by atoms with Crippen molar-refractivity contribution in [1.82, 2.24) is 9.88 Å². The van der Waals surface area contributed by atoms with E-state index in [0.717, 1.165) is 17.9 Å². The van der Waals surface area contributed by atoms with E-state index in [1.54, 1.807) is 11.1 Å². The molecule has 1 unspecified atom stereocenters. The van der Waals surface area contributed by atoms with E-state index in [1.165, 1.54) is 36.0 Å². The highest BCUT2D eigenvalue weighted by Crippen LogP contribution is 2.53. The number of piperidine rings is 3. The average Bonchev–Trinajstić information content (AvgIpc) is 2.89. The molecule has 21 heavy (non-hydrogen) atoms. The minimum absolute atomic E-state index is 0.621. The van der Waals surface area contributed by atoms with Gasteiger partial charge in [0, 0.05) is 29.2 Å². The van der Waals surface area contributed by atoms with Gasteiger partial charge >= 0.3 is 0 Å². The molecule has 2 nitrogen and oxygen atoms in total. The first-order chi connectivity index (χ1) is 10.3. The molecule has 5 atom stereocenters. The second-order valence-electron chi connectivity index (χ2n) is 7.09. The maximum atomic E-state index is 3.74. The van der Waals surface area contributed by atoms with Crippen LogP contribution in [0.2, 0.25) is 0 Å². The van der Waals surface area contributed by atoms with Crippen molar-refractivity contribution < 1.29 is 0 Å².